The van der Waals surface area contributed by atoms with Crippen LogP contribution in [-0.2, 0) is 0 Å². The van der Waals surface area contributed by atoms with E-state index in [1.54, 1.807) is 6.20 Å². The minimum atomic E-state index is -0.0301. The second-order valence-electron chi connectivity index (χ2n) is 6.14. The molecular weight excluding hydrogens is 290 g/mol. The van der Waals surface area contributed by atoms with Gasteiger partial charge in [-0.15, -0.1) is 0 Å². The zero-order chi connectivity index (χ0) is 15.8. The van der Waals surface area contributed by atoms with E-state index in [1.165, 1.54) is 0 Å². The number of hydrogen-bond acceptors (Lipinski definition) is 3. The van der Waals surface area contributed by atoms with Crippen LogP contribution in [0.5, 0.6) is 0 Å². The number of furan rings is 1. The van der Waals surface area contributed by atoms with Crippen LogP contribution in [0.15, 0.2) is 47.1 Å². The van der Waals surface area contributed by atoms with Gasteiger partial charge in [0.2, 0.25) is 0 Å². The van der Waals surface area contributed by atoms with Crippen molar-refractivity contribution in [3.63, 3.8) is 0 Å². The molecule has 1 aliphatic heterocycles. The number of benzene rings is 1. The molecule has 1 aliphatic rings. The maximum atomic E-state index is 12.8. The van der Waals surface area contributed by atoms with Crippen molar-refractivity contribution in [2.24, 2.45) is 0 Å². The molecule has 23 heavy (non-hydrogen) atoms. The lowest BCUT2D eigenvalue weighted by Gasteiger charge is -2.32. The van der Waals surface area contributed by atoms with Gasteiger partial charge in [0.1, 0.15) is 5.58 Å². The molecule has 3 aromatic rings. The van der Waals surface area contributed by atoms with E-state index in [0.29, 0.717) is 12.3 Å². The van der Waals surface area contributed by atoms with Gasteiger partial charge in [0.25, 0.3) is 5.91 Å². The minimum absolute atomic E-state index is 0.0301. The molecule has 0 aliphatic carbocycles. The number of fused-ring (bicyclic) bond motifs is 1. The molecule has 5 nitrogen and oxygen atoms in total. The molecule has 1 aromatic carbocycles. The van der Waals surface area contributed by atoms with Crippen LogP contribution >= 0.6 is 0 Å². The number of aromatic nitrogens is 2. The van der Waals surface area contributed by atoms with E-state index in [-0.39, 0.29) is 11.9 Å². The quantitative estimate of drug-likeness (QED) is 0.729. The van der Waals surface area contributed by atoms with Crippen molar-refractivity contribution >= 4 is 16.9 Å². The summed E-state index contributed by atoms with van der Waals surface area (Å²) >= 11 is 0. The van der Waals surface area contributed by atoms with Gasteiger partial charge >= 0.3 is 0 Å². The van der Waals surface area contributed by atoms with Crippen molar-refractivity contribution in [2.75, 3.05) is 13.1 Å². The largest absolute Gasteiger partial charge is 0.451 e. The van der Waals surface area contributed by atoms with E-state index in [9.17, 15) is 4.79 Å². The molecule has 4 rings (SSSR count). The molecule has 0 radical (unpaired) electrons. The highest BCUT2D eigenvalue weighted by atomic mass is 16.3. The Kier molecular flexibility index (Phi) is 3.41. The molecule has 1 fully saturated rings. The zero-order valence-electron chi connectivity index (χ0n) is 13.1. The Hall–Kier alpha value is -2.56. The summed E-state index contributed by atoms with van der Waals surface area (Å²) in [7, 11) is 0. The van der Waals surface area contributed by atoms with Crippen molar-refractivity contribution in [1.29, 1.82) is 0 Å². The fourth-order valence-corrected chi connectivity index (χ4v) is 3.32. The van der Waals surface area contributed by atoms with Crippen molar-refractivity contribution in [1.82, 2.24) is 14.7 Å². The van der Waals surface area contributed by atoms with E-state index in [1.807, 2.05) is 53.0 Å². The summed E-state index contributed by atoms with van der Waals surface area (Å²) in [6, 6.07) is 9.97. The SMILES string of the molecule is Cc1cccc2cc(C(=O)N3CCC[C@H](n4cccn4)C3)oc12. The van der Waals surface area contributed by atoms with Crippen LogP contribution in [-0.4, -0.2) is 33.7 Å². The standard InChI is InChI=1S/C18H19N3O2/c1-13-5-2-6-14-11-16(23-17(13)14)18(22)20-9-3-7-15(12-20)21-10-4-8-19-21/h2,4-6,8,10-11,15H,3,7,9,12H2,1H3/t15-/m0/s1. The first kappa shape index (κ1) is 14.1. The lowest BCUT2D eigenvalue weighted by molar-refractivity contribution is 0.0643. The van der Waals surface area contributed by atoms with E-state index < -0.39 is 0 Å². The summed E-state index contributed by atoms with van der Waals surface area (Å²) in [5.74, 6) is 0.396. The van der Waals surface area contributed by atoms with E-state index in [2.05, 4.69) is 5.10 Å². The Morgan fingerprint density at radius 3 is 3.04 bits per heavy atom. The zero-order valence-corrected chi connectivity index (χ0v) is 13.1. The van der Waals surface area contributed by atoms with Gasteiger partial charge in [-0.1, -0.05) is 18.2 Å². The second kappa shape index (κ2) is 5.57. The van der Waals surface area contributed by atoms with Gasteiger partial charge in [0.15, 0.2) is 5.76 Å². The number of piperidine rings is 1. The maximum Gasteiger partial charge on any atom is 0.289 e. The molecule has 1 amide bonds. The van der Waals surface area contributed by atoms with Gasteiger partial charge in [-0.2, -0.15) is 5.10 Å². The fraction of sp³-hybridized carbons (Fsp3) is 0.333. The highest BCUT2D eigenvalue weighted by Crippen LogP contribution is 2.26. The number of hydrogen-bond donors (Lipinski definition) is 0. The third-order valence-corrected chi connectivity index (χ3v) is 4.53. The summed E-state index contributed by atoms with van der Waals surface area (Å²) in [4.78, 5) is 14.7. The lowest BCUT2D eigenvalue weighted by Crippen LogP contribution is -2.40. The van der Waals surface area contributed by atoms with Gasteiger partial charge in [-0.25, -0.2) is 0 Å². The normalized spacial score (nSPS) is 18.5. The smallest absolute Gasteiger partial charge is 0.289 e. The average molecular weight is 309 g/mol. The van der Waals surface area contributed by atoms with Crippen LogP contribution in [0, 0.1) is 6.92 Å². The van der Waals surface area contributed by atoms with Gasteiger partial charge < -0.3 is 9.32 Å². The Morgan fingerprint density at radius 1 is 1.35 bits per heavy atom. The van der Waals surface area contributed by atoms with Crippen molar-refractivity contribution in [2.45, 2.75) is 25.8 Å². The molecule has 5 heteroatoms. The second-order valence-corrected chi connectivity index (χ2v) is 6.14. The van der Waals surface area contributed by atoms with Crippen molar-refractivity contribution < 1.29 is 9.21 Å². The Bertz CT molecular complexity index is 835. The number of para-hydroxylation sites is 1. The predicted molar refractivity (Wildman–Crippen MR) is 87.4 cm³/mol. The van der Waals surface area contributed by atoms with Gasteiger partial charge in [-0.3, -0.25) is 9.48 Å². The summed E-state index contributed by atoms with van der Waals surface area (Å²) in [5.41, 5.74) is 1.85. The van der Waals surface area contributed by atoms with Crippen LogP contribution in [0.4, 0.5) is 0 Å². The van der Waals surface area contributed by atoms with Crippen LogP contribution in [0.25, 0.3) is 11.0 Å². The van der Waals surface area contributed by atoms with Crippen LogP contribution < -0.4 is 0 Å². The lowest BCUT2D eigenvalue weighted by atomic mass is 10.1. The van der Waals surface area contributed by atoms with Gasteiger partial charge in [-0.05, 0) is 37.5 Å². The summed E-state index contributed by atoms with van der Waals surface area (Å²) in [6.45, 7) is 3.44. The molecule has 0 bridgehead atoms. The number of carbonyl (C=O) groups excluding carboxylic acids is 1. The molecule has 2 aromatic heterocycles. The fourth-order valence-electron chi connectivity index (χ4n) is 3.32. The number of nitrogens with zero attached hydrogens (tertiary/aromatic N) is 3. The molecule has 118 valence electrons. The molecule has 1 atom stereocenters. The maximum absolute atomic E-state index is 12.8. The molecule has 0 saturated carbocycles. The monoisotopic (exact) mass is 309 g/mol. The summed E-state index contributed by atoms with van der Waals surface area (Å²) in [6.07, 6.45) is 5.77. The van der Waals surface area contributed by atoms with E-state index >= 15 is 0 Å². The van der Waals surface area contributed by atoms with Crippen molar-refractivity contribution in [3.8, 4) is 0 Å². The van der Waals surface area contributed by atoms with Gasteiger partial charge in [0, 0.05) is 30.9 Å². The minimum Gasteiger partial charge on any atom is -0.451 e. The summed E-state index contributed by atoms with van der Waals surface area (Å²) < 4.78 is 7.77. The number of aryl methyl sites for hydroxylation is 1. The van der Waals surface area contributed by atoms with E-state index in [4.69, 9.17) is 4.42 Å². The first-order valence-electron chi connectivity index (χ1n) is 8.00. The first-order valence-corrected chi connectivity index (χ1v) is 8.00. The van der Waals surface area contributed by atoms with Gasteiger partial charge in [0.05, 0.1) is 6.04 Å². The van der Waals surface area contributed by atoms with Crippen LogP contribution in [0.1, 0.15) is 35.0 Å². The number of carbonyl (C=O) groups is 1. The Balaban J connectivity index is 1.58. The molecule has 1 saturated heterocycles. The Labute approximate surface area is 134 Å². The highest BCUT2D eigenvalue weighted by Gasteiger charge is 2.27. The highest BCUT2D eigenvalue weighted by molar-refractivity contribution is 5.96. The number of rotatable bonds is 2. The molecule has 0 spiro atoms. The third-order valence-electron chi connectivity index (χ3n) is 4.53. The molecule has 0 N–H and O–H groups in total. The molecule has 0 unspecified atom stereocenters. The van der Waals surface area contributed by atoms with Crippen LogP contribution in [0.3, 0.4) is 0 Å². The summed E-state index contributed by atoms with van der Waals surface area (Å²) in [5, 5.41) is 5.29. The van der Waals surface area contributed by atoms with Crippen LogP contribution in [0.2, 0.25) is 0 Å². The average Bonchev–Trinajstić information content (AvgIpc) is 3.24. The molecular formula is C18H19N3O2. The number of likely N-dealkylation sites (tertiary alicyclic amines) is 1. The number of amides is 1. The van der Waals surface area contributed by atoms with Crippen molar-refractivity contribution in [3.05, 3.63) is 54.0 Å². The first-order chi connectivity index (χ1) is 11.2. The third kappa shape index (κ3) is 2.52. The Morgan fingerprint density at radius 2 is 2.26 bits per heavy atom. The van der Waals surface area contributed by atoms with E-state index in [0.717, 1.165) is 35.9 Å². The molecule has 3 heterocycles. The topological polar surface area (TPSA) is 51.3 Å². The predicted octanol–water partition coefficient (Wildman–Crippen LogP) is 3.42.